The van der Waals surface area contributed by atoms with E-state index in [1.807, 2.05) is 24.3 Å². The fourth-order valence-corrected chi connectivity index (χ4v) is 1.55. The van der Waals surface area contributed by atoms with Gasteiger partial charge >= 0.3 is 0 Å². The Balaban J connectivity index is 2.92. The third-order valence-electron chi connectivity index (χ3n) is 1.75. The minimum absolute atomic E-state index is 0.521. The first-order valence-corrected chi connectivity index (χ1v) is 4.79. The van der Waals surface area contributed by atoms with E-state index in [1.165, 1.54) is 0 Å². The van der Waals surface area contributed by atoms with Gasteiger partial charge in [0.2, 0.25) is 0 Å². The van der Waals surface area contributed by atoms with Crippen LogP contribution in [0.15, 0.2) is 24.3 Å². The van der Waals surface area contributed by atoms with Crippen LogP contribution >= 0.6 is 24.8 Å². The van der Waals surface area contributed by atoms with Crippen molar-refractivity contribution in [2.75, 3.05) is 0 Å². The van der Waals surface area contributed by atoms with Crippen molar-refractivity contribution in [3.63, 3.8) is 0 Å². The van der Waals surface area contributed by atoms with Crippen LogP contribution in [0.2, 0.25) is 0 Å². The first kappa shape index (κ1) is 10.2. The smallest absolute Gasteiger partial charge is 0.0750 e. The van der Waals surface area contributed by atoms with Crippen molar-refractivity contribution in [3.05, 3.63) is 35.4 Å². The second kappa shape index (κ2) is 5.00. The van der Waals surface area contributed by atoms with Gasteiger partial charge in [-0.05, 0) is 12.0 Å². The van der Waals surface area contributed by atoms with Crippen LogP contribution in [0.4, 0.5) is 0 Å². The van der Waals surface area contributed by atoms with Gasteiger partial charge in [-0.25, -0.2) is 0 Å². The highest BCUT2D eigenvalue weighted by atomic mass is 32.1. The van der Waals surface area contributed by atoms with E-state index >= 15 is 0 Å². The van der Waals surface area contributed by atoms with Gasteiger partial charge in [-0.3, -0.25) is 0 Å². The van der Waals surface area contributed by atoms with Crippen LogP contribution in [0, 0.1) is 11.3 Å². The van der Waals surface area contributed by atoms with Crippen molar-refractivity contribution < 1.29 is 0 Å². The molecule has 0 amide bonds. The molecule has 0 aliphatic heterocycles. The van der Waals surface area contributed by atoms with E-state index in [1.54, 1.807) is 0 Å². The number of benzene rings is 1. The molecular formula is C10H9NS2. The van der Waals surface area contributed by atoms with Crippen LogP contribution in [-0.4, -0.2) is 4.20 Å². The van der Waals surface area contributed by atoms with Gasteiger partial charge in [0, 0.05) is 12.0 Å². The van der Waals surface area contributed by atoms with E-state index in [-0.39, 0.29) is 0 Å². The molecule has 0 heterocycles. The first-order valence-electron chi connectivity index (χ1n) is 3.94. The maximum Gasteiger partial charge on any atom is 0.0750 e. The maximum absolute atomic E-state index is 8.46. The Bertz CT molecular complexity index is 352. The molecule has 13 heavy (non-hydrogen) atoms. The summed E-state index contributed by atoms with van der Waals surface area (Å²) < 4.78 is 0.591. The van der Waals surface area contributed by atoms with Gasteiger partial charge in [0.1, 0.15) is 0 Å². The zero-order chi connectivity index (χ0) is 9.68. The fraction of sp³-hybridized carbons (Fsp3) is 0.200. The summed E-state index contributed by atoms with van der Waals surface area (Å²) in [5, 5.41) is 8.46. The molecule has 0 atom stereocenters. The summed E-state index contributed by atoms with van der Waals surface area (Å²) in [5.41, 5.74) is 2.07. The highest BCUT2D eigenvalue weighted by Crippen LogP contribution is 2.13. The molecule has 0 N–H and O–H groups in total. The second-order valence-electron chi connectivity index (χ2n) is 2.62. The lowest BCUT2D eigenvalue weighted by atomic mass is 10.0. The molecule has 1 rings (SSSR count). The third-order valence-corrected chi connectivity index (χ3v) is 2.21. The summed E-state index contributed by atoms with van der Waals surface area (Å²) in [4.78, 5) is 0. The van der Waals surface area contributed by atoms with E-state index in [4.69, 9.17) is 17.5 Å². The number of hydrogen-bond donors (Lipinski definition) is 1. The summed E-state index contributed by atoms with van der Waals surface area (Å²) in [7, 11) is 0. The lowest BCUT2D eigenvalue weighted by molar-refractivity contribution is 1.01. The highest BCUT2D eigenvalue weighted by Gasteiger charge is 2.02. The maximum atomic E-state index is 8.46. The summed E-state index contributed by atoms with van der Waals surface area (Å²) in [5.74, 6) is 0. The van der Waals surface area contributed by atoms with Crippen molar-refractivity contribution in [3.8, 4) is 6.07 Å². The predicted molar refractivity (Wildman–Crippen MR) is 61.1 cm³/mol. The monoisotopic (exact) mass is 207 g/mol. The van der Waals surface area contributed by atoms with E-state index in [2.05, 4.69) is 18.7 Å². The molecule has 0 aromatic heterocycles. The van der Waals surface area contributed by atoms with E-state index in [0.29, 0.717) is 10.6 Å². The minimum atomic E-state index is 0.521. The molecule has 0 saturated carbocycles. The number of thiol groups is 1. The van der Waals surface area contributed by atoms with Gasteiger partial charge < -0.3 is 0 Å². The second-order valence-corrected chi connectivity index (χ2v) is 3.78. The van der Waals surface area contributed by atoms with Gasteiger partial charge in [-0.15, -0.1) is 12.6 Å². The first-order chi connectivity index (χ1) is 6.25. The average Bonchev–Trinajstić information content (AvgIpc) is 2.15. The van der Waals surface area contributed by atoms with E-state index in [0.717, 1.165) is 17.5 Å². The molecule has 1 aromatic rings. The van der Waals surface area contributed by atoms with Crippen LogP contribution in [0.3, 0.4) is 0 Å². The van der Waals surface area contributed by atoms with Crippen LogP contribution in [0.25, 0.3) is 0 Å². The Kier molecular flexibility index (Phi) is 3.94. The lowest BCUT2D eigenvalue weighted by Gasteiger charge is -2.04. The van der Waals surface area contributed by atoms with Gasteiger partial charge in [-0.1, -0.05) is 36.5 Å². The Labute approximate surface area is 88.8 Å². The van der Waals surface area contributed by atoms with Crippen LogP contribution < -0.4 is 0 Å². The molecule has 0 aliphatic carbocycles. The largest absolute Gasteiger partial charge is 0.198 e. The van der Waals surface area contributed by atoms with Crippen LogP contribution in [0.1, 0.15) is 17.5 Å². The molecule has 0 spiro atoms. The minimum Gasteiger partial charge on any atom is -0.198 e. The number of aryl methyl sites for hydroxylation is 1. The summed E-state index contributed by atoms with van der Waals surface area (Å²) in [6.45, 7) is 0. The Hall–Kier alpha value is -0.850. The van der Waals surface area contributed by atoms with Crippen molar-refractivity contribution in [2.24, 2.45) is 0 Å². The van der Waals surface area contributed by atoms with Crippen molar-refractivity contribution in [1.29, 1.82) is 5.26 Å². The number of thiocarbonyl (C=S) groups is 1. The van der Waals surface area contributed by atoms with Crippen molar-refractivity contribution in [2.45, 2.75) is 12.8 Å². The van der Waals surface area contributed by atoms with Crippen molar-refractivity contribution in [1.82, 2.24) is 0 Å². The Morgan fingerprint density at radius 1 is 1.46 bits per heavy atom. The molecule has 1 aromatic carbocycles. The SMILES string of the molecule is N#CCCc1ccccc1C(=S)S. The Morgan fingerprint density at radius 2 is 2.15 bits per heavy atom. The van der Waals surface area contributed by atoms with Crippen LogP contribution in [0.5, 0.6) is 0 Å². The lowest BCUT2D eigenvalue weighted by Crippen LogP contribution is -1.95. The topological polar surface area (TPSA) is 23.8 Å². The number of nitriles is 1. The summed E-state index contributed by atoms with van der Waals surface area (Å²) in [6, 6.07) is 9.90. The quantitative estimate of drug-likeness (QED) is 0.608. The number of rotatable bonds is 3. The van der Waals surface area contributed by atoms with Gasteiger partial charge in [0.15, 0.2) is 0 Å². The number of hydrogen-bond acceptors (Lipinski definition) is 2. The normalized spacial score (nSPS) is 9.23. The standard InChI is InChI=1S/C10H9NS2/c11-7-3-5-8-4-1-2-6-9(8)10(12)13/h1-2,4,6H,3,5H2,(H,12,13). The van der Waals surface area contributed by atoms with Gasteiger partial charge in [0.05, 0.1) is 10.3 Å². The van der Waals surface area contributed by atoms with Crippen molar-refractivity contribution >= 4 is 29.0 Å². The molecule has 0 fully saturated rings. The third kappa shape index (κ3) is 2.83. The molecule has 66 valence electrons. The summed E-state index contributed by atoms with van der Waals surface area (Å²) >= 11 is 9.11. The zero-order valence-corrected chi connectivity index (χ0v) is 8.74. The Morgan fingerprint density at radius 3 is 2.77 bits per heavy atom. The molecule has 0 bridgehead atoms. The molecule has 0 aliphatic rings. The van der Waals surface area contributed by atoms with E-state index < -0.39 is 0 Å². The molecular weight excluding hydrogens is 198 g/mol. The predicted octanol–water partition coefficient (Wildman–Crippen LogP) is 2.75. The average molecular weight is 207 g/mol. The van der Waals surface area contributed by atoms with E-state index in [9.17, 15) is 0 Å². The molecule has 0 unspecified atom stereocenters. The molecule has 3 heteroatoms. The fourth-order valence-electron chi connectivity index (χ4n) is 1.14. The van der Waals surface area contributed by atoms with Crippen LogP contribution in [-0.2, 0) is 6.42 Å². The summed E-state index contributed by atoms with van der Waals surface area (Å²) in [6.07, 6.45) is 1.26. The number of nitrogens with zero attached hydrogens (tertiary/aromatic N) is 1. The molecule has 0 saturated heterocycles. The van der Waals surface area contributed by atoms with Gasteiger partial charge in [-0.2, -0.15) is 5.26 Å². The molecule has 0 radical (unpaired) electrons. The van der Waals surface area contributed by atoms with Gasteiger partial charge in [0.25, 0.3) is 0 Å². The molecule has 1 nitrogen and oxygen atoms in total. The highest BCUT2D eigenvalue weighted by molar-refractivity contribution is 8.11. The zero-order valence-electron chi connectivity index (χ0n) is 7.03.